The lowest BCUT2D eigenvalue weighted by Gasteiger charge is -2.16. The molecule has 0 heterocycles. The van der Waals surface area contributed by atoms with Gasteiger partial charge in [0.25, 0.3) is 0 Å². The summed E-state index contributed by atoms with van der Waals surface area (Å²) in [5.74, 6) is 0. The van der Waals surface area contributed by atoms with E-state index in [1.165, 1.54) is 0 Å². The molecule has 64 heavy (non-hydrogen) atoms. The van der Waals surface area contributed by atoms with Gasteiger partial charge < -0.3 is 0 Å². The van der Waals surface area contributed by atoms with Crippen LogP contribution in [0.2, 0.25) is 0 Å². The first-order valence-electron chi connectivity index (χ1n) is 21.4. The molecule has 0 atom stereocenters. The van der Waals surface area contributed by atoms with E-state index in [1.54, 1.807) is 0 Å². The van der Waals surface area contributed by atoms with Crippen molar-refractivity contribution in [2.24, 2.45) is 0 Å². The van der Waals surface area contributed by atoms with Gasteiger partial charge >= 0.3 is 0 Å². The summed E-state index contributed by atoms with van der Waals surface area (Å²) in [6, 6.07) is 89.2. The highest BCUT2D eigenvalue weighted by molar-refractivity contribution is 5.92. The molecule has 10 rings (SSSR count). The van der Waals surface area contributed by atoms with Gasteiger partial charge in [0, 0.05) is 22.3 Å². The first kappa shape index (κ1) is 39.3. The second kappa shape index (κ2) is 17.6. The zero-order chi connectivity index (χ0) is 43.2. The third-order valence-electron chi connectivity index (χ3n) is 11.9. The average Bonchev–Trinajstić information content (AvgIpc) is 3.39. The Balaban J connectivity index is 1.13. The van der Waals surface area contributed by atoms with Gasteiger partial charge in [0.2, 0.25) is 0 Å². The molecule has 0 fully saturated rings. The SMILES string of the molecule is N#Cc1c(-c2ccccc2)cc(-c2ccccc2)cc1-c1cccc(-c2cc(-c3ccccc3)cc(-c3cccc(-c4cc(-c5ccccc5)cc(-c5ccccc5)c4C#N)c3)c2)c1. The third-order valence-corrected chi connectivity index (χ3v) is 11.9. The van der Waals surface area contributed by atoms with E-state index in [4.69, 9.17) is 0 Å². The van der Waals surface area contributed by atoms with Gasteiger partial charge in [-0.2, -0.15) is 10.5 Å². The van der Waals surface area contributed by atoms with Crippen LogP contribution in [0.4, 0.5) is 0 Å². The number of nitriles is 2. The summed E-state index contributed by atoms with van der Waals surface area (Å²) in [6.45, 7) is 0. The van der Waals surface area contributed by atoms with Crippen molar-refractivity contribution in [1.29, 1.82) is 10.5 Å². The Kier molecular flexibility index (Phi) is 10.8. The Bertz CT molecular complexity index is 3150. The first-order valence-corrected chi connectivity index (χ1v) is 21.4. The summed E-state index contributed by atoms with van der Waals surface area (Å²) in [7, 11) is 0. The normalized spacial score (nSPS) is 10.8. The van der Waals surface area contributed by atoms with Crippen LogP contribution in [0.25, 0.3) is 100 Å². The van der Waals surface area contributed by atoms with Crippen molar-refractivity contribution >= 4 is 0 Å². The van der Waals surface area contributed by atoms with E-state index in [0.29, 0.717) is 11.1 Å². The molecule has 0 saturated heterocycles. The van der Waals surface area contributed by atoms with E-state index in [1.807, 2.05) is 54.6 Å². The van der Waals surface area contributed by atoms with Gasteiger partial charge in [-0.3, -0.25) is 0 Å². The van der Waals surface area contributed by atoms with Crippen LogP contribution < -0.4 is 0 Å². The van der Waals surface area contributed by atoms with Crippen LogP contribution in [0.15, 0.2) is 243 Å². The molecule has 0 aliphatic heterocycles. The Hall–Kier alpha value is -8.82. The van der Waals surface area contributed by atoms with Crippen molar-refractivity contribution in [2.45, 2.75) is 0 Å². The van der Waals surface area contributed by atoms with Crippen molar-refractivity contribution in [3.05, 3.63) is 254 Å². The van der Waals surface area contributed by atoms with Crippen molar-refractivity contribution < 1.29 is 0 Å². The van der Waals surface area contributed by atoms with E-state index in [0.717, 1.165) is 100 Å². The molecule has 298 valence electrons. The van der Waals surface area contributed by atoms with Crippen LogP contribution in [-0.2, 0) is 0 Å². The quantitative estimate of drug-likeness (QED) is 0.146. The molecular formula is C62H40N2. The minimum Gasteiger partial charge on any atom is -0.192 e. The maximum atomic E-state index is 10.8. The molecule has 10 aromatic carbocycles. The lowest BCUT2D eigenvalue weighted by atomic mass is 9.86. The van der Waals surface area contributed by atoms with Crippen molar-refractivity contribution in [2.75, 3.05) is 0 Å². The predicted molar refractivity (Wildman–Crippen MR) is 265 cm³/mol. The van der Waals surface area contributed by atoms with E-state index < -0.39 is 0 Å². The molecule has 0 bridgehead atoms. The minimum absolute atomic E-state index is 0.641. The lowest BCUT2D eigenvalue weighted by molar-refractivity contribution is 1.46. The molecule has 0 saturated carbocycles. The Morgan fingerprint density at radius 1 is 0.188 bits per heavy atom. The Labute approximate surface area is 374 Å². The van der Waals surface area contributed by atoms with Gasteiger partial charge in [-0.25, -0.2) is 0 Å². The maximum absolute atomic E-state index is 10.8. The molecule has 10 aromatic rings. The smallest absolute Gasteiger partial charge is 0.100 e. The molecule has 0 aliphatic rings. The van der Waals surface area contributed by atoms with Gasteiger partial charge in [-0.15, -0.1) is 0 Å². The molecule has 0 spiro atoms. The van der Waals surface area contributed by atoms with Crippen molar-refractivity contribution in [1.82, 2.24) is 0 Å². The zero-order valence-electron chi connectivity index (χ0n) is 35.0. The van der Waals surface area contributed by atoms with Crippen molar-refractivity contribution in [3.8, 4) is 112 Å². The van der Waals surface area contributed by atoms with E-state index in [9.17, 15) is 10.5 Å². The highest BCUT2D eigenvalue weighted by atomic mass is 14.3. The lowest BCUT2D eigenvalue weighted by Crippen LogP contribution is -1.94. The summed E-state index contributed by atoms with van der Waals surface area (Å²) in [4.78, 5) is 0. The highest BCUT2D eigenvalue weighted by Crippen LogP contribution is 2.42. The molecule has 2 nitrogen and oxygen atoms in total. The fourth-order valence-corrected chi connectivity index (χ4v) is 8.76. The monoisotopic (exact) mass is 812 g/mol. The largest absolute Gasteiger partial charge is 0.192 e. The molecule has 0 aromatic heterocycles. The number of hydrogen-bond donors (Lipinski definition) is 0. The summed E-state index contributed by atoms with van der Waals surface area (Å²) >= 11 is 0. The van der Waals surface area contributed by atoms with E-state index in [2.05, 4.69) is 200 Å². The summed E-state index contributed by atoms with van der Waals surface area (Å²) < 4.78 is 0. The number of hydrogen-bond acceptors (Lipinski definition) is 2. The van der Waals surface area contributed by atoms with E-state index >= 15 is 0 Å². The molecule has 0 amide bonds. The second-order valence-electron chi connectivity index (χ2n) is 15.9. The number of rotatable bonds is 9. The van der Waals surface area contributed by atoms with Crippen LogP contribution in [0.1, 0.15) is 11.1 Å². The van der Waals surface area contributed by atoms with E-state index in [-0.39, 0.29) is 0 Å². The van der Waals surface area contributed by atoms with Gasteiger partial charge in [-0.1, -0.05) is 188 Å². The predicted octanol–water partition coefficient (Wildman–Crippen LogP) is 16.4. The minimum atomic E-state index is 0.641. The summed E-state index contributed by atoms with van der Waals surface area (Å²) in [6.07, 6.45) is 0. The molecule has 2 heteroatoms. The van der Waals surface area contributed by atoms with Crippen LogP contribution in [0, 0.1) is 22.7 Å². The Morgan fingerprint density at radius 2 is 0.406 bits per heavy atom. The molecule has 0 N–H and O–H groups in total. The van der Waals surface area contributed by atoms with Gasteiger partial charge in [0.15, 0.2) is 0 Å². The fourth-order valence-electron chi connectivity index (χ4n) is 8.76. The Morgan fingerprint density at radius 3 is 0.719 bits per heavy atom. The maximum Gasteiger partial charge on any atom is 0.100 e. The topological polar surface area (TPSA) is 47.6 Å². The molecule has 0 unspecified atom stereocenters. The summed E-state index contributed by atoms with van der Waals surface area (Å²) in [5.41, 5.74) is 19.5. The average molecular weight is 813 g/mol. The number of nitrogens with zero attached hydrogens (tertiary/aromatic N) is 2. The summed E-state index contributed by atoms with van der Waals surface area (Å²) in [5, 5.41) is 21.6. The van der Waals surface area contributed by atoms with Crippen LogP contribution in [0.3, 0.4) is 0 Å². The first-order chi connectivity index (χ1) is 31.6. The van der Waals surface area contributed by atoms with Crippen LogP contribution in [0.5, 0.6) is 0 Å². The van der Waals surface area contributed by atoms with Gasteiger partial charge in [-0.05, 0) is 132 Å². The number of benzene rings is 10. The standard InChI is InChI=1S/C62H40N2/c63-41-61-57(46-24-12-4-13-25-46)37-55(44-20-8-2-9-21-44)39-59(61)50-30-16-28-48(32-50)53-34-52(43-18-6-1-7-19-43)35-54(36-53)49-29-17-31-51(33-49)60-40-56(45-22-10-3-11-23-45)38-58(62(60)42-64)47-26-14-5-15-27-47/h1-40H. The van der Waals surface area contributed by atoms with Crippen LogP contribution >= 0.6 is 0 Å². The second-order valence-corrected chi connectivity index (χ2v) is 15.9. The van der Waals surface area contributed by atoms with Gasteiger partial charge in [0.05, 0.1) is 11.1 Å². The molecule has 0 radical (unpaired) electrons. The fraction of sp³-hybridized carbons (Fsp3) is 0. The third kappa shape index (κ3) is 7.92. The molecule has 0 aliphatic carbocycles. The van der Waals surface area contributed by atoms with Gasteiger partial charge in [0.1, 0.15) is 12.1 Å². The van der Waals surface area contributed by atoms with Crippen molar-refractivity contribution in [3.63, 3.8) is 0 Å². The highest BCUT2D eigenvalue weighted by Gasteiger charge is 2.19. The van der Waals surface area contributed by atoms with Crippen LogP contribution in [-0.4, -0.2) is 0 Å². The molecular weight excluding hydrogens is 773 g/mol. The zero-order valence-corrected chi connectivity index (χ0v) is 35.0.